The quantitative estimate of drug-likeness (QED) is 0.762. The van der Waals surface area contributed by atoms with Gasteiger partial charge in [-0.25, -0.2) is 9.97 Å². The lowest BCUT2D eigenvalue weighted by molar-refractivity contribution is 0.161. The number of likely N-dealkylation sites (tertiary alicyclic amines) is 1. The van der Waals surface area contributed by atoms with Crippen molar-refractivity contribution in [3.8, 4) is 6.07 Å². The maximum atomic E-state index is 10.3. The van der Waals surface area contributed by atoms with E-state index in [2.05, 4.69) is 30.5 Å². The molecule has 1 saturated heterocycles. The lowest BCUT2D eigenvalue weighted by atomic mass is 10.0. The van der Waals surface area contributed by atoms with E-state index in [9.17, 15) is 5.11 Å². The topological polar surface area (TPSA) is 93.8 Å². The van der Waals surface area contributed by atoms with Gasteiger partial charge in [0.15, 0.2) is 0 Å². The van der Waals surface area contributed by atoms with Crippen LogP contribution in [0.3, 0.4) is 0 Å². The van der Waals surface area contributed by atoms with E-state index >= 15 is 0 Å². The minimum absolute atomic E-state index is 0.299. The molecule has 0 saturated carbocycles. The zero-order valence-electron chi connectivity index (χ0n) is 14.3. The number of aromatic amines is 1. The van der Waals surface area contributed by atoms with Crippen molar-refractivity contribution in [3.05, 3.63) is 24.3 Å². The van der Waals surface area contributed by atoms with Crippen LogP contribution in [0.25, 0.3) is 22.1 Å². The number of hydrogen-bond donors (Lipinski definition) is 2. The lowest BCUT2D eigenvalue weighted by Gasteiger charge is -2.33. The second kappa shape index (κ2) is 6.47. The molecule has 130 valence electrons. The number of imidazole rings is 1. The van der Waals surface area contributed by atoms with Crippen LogP contribution in [-0.4, -0.2) is 49.2 Å². The van der Waals surface area contributed by atoms with Crippen molar-refractivity contribution in [3.63, 3.8) is 0 Å². The number of aromatic nitrogens is 4. The Balaban J connectivity index is 1.74. The van der Waals surface area contributed by atoms with Crippen molar-refractivity contribution in [1.29, 1.82) is 5.26 Å². The Morgan fingerprint density at radius 2 is 2.24 bits per heavy atom. The first kappa shape index (κ1) is 16.1. The highest BCUT2D eigenvalue weighted by atomic mass is 16.3. The van der Waals surface area contributed by atoms with Gasteiger partial charge >= 0.3 is 0 Å². The number of aliphatic hydroxyl groups is 1. The number of H-pyrrole nitrogens is 1. The minimum atomic E-state index is -0.627. The summed E-state index contributed by atoms with van der Waals surface area (Å²) in [6.07, 6.45) is 5.60. The number of aliphatic hydroxyl groups excluding tert-OH is 1. The van der Waals surface area contributed by atoms with Crippen LogP contribution in [0.15, 0.2) is 18.5 Å². The van der Waals surface area contributed by atoms with Gasteiger partial charge in [-0.1, -0.05) is 0 Å². The summed E-state index contributed by atoms with van der Waals surface area (Å²) < 4.78 is 2.22. The van der Waals surface area contributed by atoms with Crippen molar-refractivity contribution in [1.82, 2.24) is 24.4 Å². The summed E-state index contributed by atoms with van der Waals surface area (Å²) >= 11 is 0. The van der Waals surface area contributed by atoms with Gasteiger partial charge in [0.05, 0.1) is 17.8 Å². The Bertz CT molecular complexity index is 926. The van der Waals surface area contributed by atoms with Gasteiger partial charge in [-0.3, -0.25) is 0 Å². The number of nitrogens with zero attached hydrogens (tertiary/aromatic N) is 5. The molecule has 0 bridgehead atoms. The van der Waals surface area contributed by atoms with Crippen LogP contribution in [0.1, 0.15) is 44.2 Å². The molecular formula is C18H22N6O. The summed E-state index contributed by atoms with van der Waals surface area (Å²) in [7, 11) is 0. The molecule has 0 radical (unpaired) electrons. The molecule has 1 aliphatic rings. The summed E-state index contributed by atoms with van der Waals surface area (Å²) in [4.78, 5) is 14.6. The standard InChI is InChI=1S/C18H22N6O/c1-12(25)18-22-15-11-21-17-14(3-7-20-17)16(15)24(18)13-4-9-23(10-5-13)8-2-6-19/h3,7,11-13,25H,2,4-5,8-10H2,1H3,(H,20,21)/t12-/m1/s1. The minimum Gasteiger partial charge on any atom is -0.385 e. The van der Waals surface area contributed by atoms with Crippen LogP contribution in [0.2, 0.25) is 0 Å². The van der Waals surface area contributed by atoms with Crippen LogP contribution in [0, 0.1) is 11.3 Å². The third-order valence-corrected chi connectivity index (χ3v) is 5.10. The molecule has 0 aromatic carbocycles. The molecule has 0 unspecified atom stereocenters. The molecule has 4 rings (SSSR count). The first-order valence-electron chi connectivity index (χ1n) is 8.80. The number of rotatable bonds is 4. The van der Waals surface area contributed by atoms with Crippen molar-refractivity contribution in [2.45, 2.75) is 38.3 Å². The fraction of sp³-hybridized carbons (Fsp3) is 0.500. The number of fused-ring (bicyclic) bond motifs is 3. The van der Waals surface area contributed by atoms with E-state index in [1.54, 1.807) is 13.1 Å². The highest BCUT2D eigenvalue weighted by Gasteiger charge is 2.27. The molecule has 25 heavy (non-hydrogen) atoms. The molecule has 1 atom stereocenters. The van der Waals surface area contributed by atoms with Crippen molar-refractivity contribution >= 4 is 22.1 Å². The molecule has 7 heteroatoms. The number of piperidine rings is 1. The molecular weight excluding hydrogens is 316 g/mol. The maximum Gasteiger partial charge on any atom is 0.139 e. The van der Waals surface area contributed by atoms with Crippen molar-refractivity contribution in [2.24, 2.45) is 0 Å². The fourth-order valence-corrected chi connectivity index (χ4v) is 3.88. The SMILES string of the molecule is C[C@@H](O)c1nc2cnc3[nH]ccc3c2n1C1CCN(CCC#N)CC1. The summed E-state index contributed by atoms with van der Waals surface area (Å²) in [5.41, 5.74) is 2.73. The third kappa shape index (κ3) is 2.77. The van der Waals surface area contributed by atoms with Gasteiger partial charge < -0.3 is 19.6 Å². The van der Waals surface area contributed by atoms with Crippen molar-refractivity contribution < 1.29 is 5.11 Å². The molecule has 3 aromatic heterocycles. The van der Waals surface area contributed by atoms with E-state index < -0.39 is 6.10 Å². The molecule has 1 aliphatic heterocycles. The summed E-state index contributed by atoms with van der Waals surface area (Å²) in [6.45, 7) is 4.53. The second-order valence-electron chi connectivity index (χ2n) is 6.73. The fourth-order valence-electron chi connectivity index (χ4n) is 3.88. The van der Waals surface area contributed by atoms with Crippen molar-refractivity contribution in [2.75, 3.05) is 19.6 Å². The largest absolute Gasteiger partial charge is 0.385 e. The van der Waals surface area contributed by atoms with E-state index in [1.165, 1.54) is 0 Å². The van der Waals surface area contributed by atoms with Gasteiger partial charge in [-0.2, -0.15) is 5.26 Å². The molecule has 2 N–H and O–H groups in total. The van der Waals surface area contributed by atoms with Gasteiger partial charge in [-0.05, 0) is 25.8 Å². The molecule has 4 heterocycles. The highest BCUT2D eigenvalue weighted by Crippen LogP contribution is 2.34. The Kier molecular flexibility index (Phi) is 4.15. The maximum absolute atomic E-state index is 10.3. The lowest BCUT2D eigenvalue weighted by Crippen LogP contribution is -2.35. The van der Waals surface area contributed by atoms with Crippen LogP contribution in [0.4, 0.5) is 0 Å². The summed E-state index contributed by atoms with van der Waals surface area (Å²) in [5, 5.41) is 20.1. The summed E-state index contributed by atoms with van der Waals surface area (Å²) in [6, 6.07) is 4.54. The monoisotopic (exact) mass is 338 g/mol. The Morgan fingerprint density at radius 1 is 1.44 bits per heavy atom. The van der Waals surface area contributed by atoms with Gasteiger partial charge in [0.1, 0.15) is 23.1 Å². The molecule has 7 nitrogen and oxygen atoms in total. The first-order valence-corrected chi connectivity index (χ1v) is 8.80. The molecule has 3 aromatic rings. The second-order valence-corrected chi connectivity index (χ2v) is 6.73. The normalized spacial score (nSPS) is 18.0. The predicted molar refractivity (Wildman–Crippen MR) is 95.0 cm³/mol. The zero-order chi connectivity index (χ0) is 17.4. The summed E-state index contributed by atoms with van der Waals surface area (Å²) in [5.74, 6) is 0.709. The van der Waals surface area contributed by atoms with E-state index in [4.69, 9.17) is 5.26 Å². The predicted octanol–water partition coefficient (Wildman–Crippen LogP) is 2.52. The number of nitriles is 1. The van der Waals surface area contributed by atoms with Gasteiger partial charge in [0.25, 0.3) is 0 Å². The number of pyridine rings is 1. The molecule has 0 spiro atoms. The van der Waals surface area contributed by atoms with Crippen LogP contribution in [-0.2, 0) is 0 Å². The Labute approximate surface area is 145 Å². The van der Waals surface area contributed by atoms with Crippen LogP contribution in [0.5, 0.6) is 0 Å². The first-order chi connectivity index (χ1) is 12.2. The highest BCUT2D eigenvalue weighted by molar-refractivity contribution is 6.01. The molecule has 0 aliphatic carbocycles. The third-order valence-electron chi connectivity index (χ3n) is 5.10. The zero-order valence-corrected chi connectivity index (χ0v) is 14.3. The van der Waals surface area contributed by atoms with Gasteiger partial charge in [-0.15, -0.1) is 0 Å². The van der Waals surface area contributed by atoms with Crippen LogP contribution >= 0.6 is 0 Å². The van der Waals surface area contributed by atoms with E-state index in [0.717, 1.165) is 54.5 Å². The van der Waals surface area contributed by atoms with Gasteiger partial charge in [0.2, 0.25) is 0 Å². The van der Waals surface area contributed by atoms with Crippen LogP contribution < -0.4 is 0 Å². The Morgan fingerprint density at radius 3 is 2.96 bits per heavy atom. The average molecular weight is 338 g/mol. The molecule has 0 amide bonds. The molecule has 1 fully saturated rings. The van der Waals surface area contributed by atoms with E-state index in [0.29, 0.717) is 18.3 Å². The smallest absolute Gasteiger partial charge is 0.139 e. The number of hydrogen-bond acceptors (Lipinski definition) is 5. The van der Waals surface area contributed by atoms with E-state index in [-0.39, 0.29) is 0 Å². The number of nitrogens with one attached hydrogen (secondary N) is 1. The van der Waals surface area contributed by atoms with E-state index in [1.807, 2.05) is 12.3 Å². The Hall–Kier alpha value is -2.43. The van der Waals surface area contributed by atoms with Gasteiger partial charge in [0, 0.05) is 43.7 Å². The average Bonchev–Trinajstić information content (AvgIpc) is 3.24.